The number of nitrogens with zero attached hydrogens (tertiary/aromatic N) is 2. The molecule has 0 radical (unpaired) electrons. The van der Waals surface area contributed by atoms with Gasteiger partial charge in [0.05, 0.1) is 10.7 Å². The summed E-state index contributed by atoms with van der Waals surface area (Å²) in [6.45, 7) is 4.05. The second kappa shape index (κ2) is 7.92. The Balaban J connectivity index is 1.88. The number of thiazole rings is 1. The van der Waals surface area contributed by atoms with Crippen molar-refractivity contribution in [1.29, 1.82) is 5.26 Å². The van der Waals surface area contributed by atoms with Gasteiger partial charge in [-0.2, -0.15) is 5.26 Å². The van der Waals surface area contributed by atoms with Crippen molar-refractivity contribution in [3.63, 3.8) is 0 Å². The third-order valence-electron chi connectivity index (χ3n) is 3.83. The summed E-state index contributed by atoms with van der Waals surface area (Å²) >= 11 is 13.6. The summed E-state index contributed by atoms with van der Waals surface area (Å²) in [5.41, 5.74) is 5.20. The summed E-state index contributed by atoms with van der Waals surface area (Å²) in [5, 5.41) is 16.3. The first-order valence-corrected chi connectivity index (χ1v) is 9.47. The van der Waals surface area contributed by atoms with Crippen molar-refractivity contribution in [2.75, 3.05) is 5.32 Å². The van der Waals surface area contributed by atoms with E-state index in [9.17, 15) is 5.26 Å². The predicted molar refractivity (Wildman–Crippen MR) is 111 cm³/mol. The average molecular weight is 400 g/mol. The van der Waals surface area contributed by atoms with Gasteiger partial charge in [-0.1, -0.05) is 35.3 Å². The van der Waals surface area contributed by atoms with E-state index in [4.69, 9.17) is 23.2 Å². The molecule has 0 bridgehead atoms. The van der Waals surface area contributed by atoms with Gasteiger partial charge in [-0.3, -0.25) is 0 Å². The molecule has 1 heterocycles. The molecule has 0 fully saturated rings. The maximum Gasteiger partial charge on any atom is 0.136 e. The molecule has 2 aromatic carbocycles. The van der Waals surface area contributed by atoms with Crippen molar-refractivity contribution in [2.45, 2.75) is 13.8 Å². The number of aromatic nitrogens is 1. The van der Waals surface area contributed by atoms with E-state index in [1.54, 1.807) is 18.3 Å². The van der Waals surface area contributed by atoms with Crippen molar-refractivity contribution in [1.82, 2.24) is 4.98 Å². The van der Waals surface area contributed by atoms with Gasteiger partial charge in [-0.25, -0.2) is 4.98 Å². The van der Waals surface area contributed by atoms with Crippen LogP contribution in [0.3, 0.4) is 0 Å². The van der Waals surface area contributed by atoms with Crippen LogP contribution in [-0.2, 0) is 0 Å². The maximum absolute atomic E-state index is 9.52. The van der Waals surface area contributed by atoms with E-state index in [1.807, 2.05) is 37.4 Å². The summed E-state index contributed by atoms with van der Waals surface area (Å²) in [5.74, 6) is 0. The fourth-order valence-electron chi connectivity index (χ4n) is 2.40. The number of aryl methyl sites for hydroxylation is 2. The highest BCUT2D eigenvalue weighted by atomic mass is 35.5. The smallest absolute Gasteiger partial charge is 0.136 e. The molecular weight excluding hydrogens is 385 g/mol. The Morgan fingerprint density at radius 3 is 2.73 bits per heavy atom. The number of anilines is 1. The van der Waals surface area contributed by atoms with Gasteiger partial charge in [-0.05, 0) is 49.2 Å². The molecule has 0 aliphatic heterocycles. The predicted octanol–water partition coefficient (Wildman–Crippen LogP) is 6.71. The summed E-state index contributed by atoms with van der Waals surface area (Å²) in [6, 6.07) is 13.6. The standard InChI is InChI=1S/C20H15Cl2N3S/c1-12-3-4-13(2)18(7-12)24-10-14(9-23)20-25-19(11-26-20)16-6-5-15(21)8-17(16)22/h3-8,10-11,24H,1-2H3/b14-10-. The van der Waals surface area contributed by atoms with E-state index in [0.717, 1.165) is 28.1 Å². The second-order valence-electron chi connectivity index (χ2n) is 5.79. The SMILES string of the molecule is Cc1ccc(C)c(N/C=C(/C#N)c2nc(-c3ccc(Cl)cc3Cl)cs2)c1. The van der Waals surface area contributed by atoms with Gasteiger partial charge in [0.25, 0.3) is 0 Å². The number of hydrogen-bond acceptors (Lipinski definition) is 4. The van der Waals surface area contributed by atoms with Crippen LogP contribution in [0.4, 0.5) is 5.69 Å². The molecule has 3 aromatic rings. The quantitative estimate of drug-likeness (QED) is 0.495. The highest BCUT2D eigenvalue weighted by molar-refractivity contribution is 7.11. The van der Waals surface area contributed by atoms with Crippen molar-refractivity contribution in [3.8, 4) is 17.3 Å². The number of allylic oxidation sites excluding steroid dienone is 1. The first kappa shape index (κ1) is 18.5. The molecule has 0 spiro atoms. The van der Waals surface area contributed by atoms with Crippen LogP contribution in [0.2, 0.25) is 10.0 Å². The average Bonchev–Trinajstić information content (AvgIpc) is 3.08. The van der Waals surface area contributed by atoms with Crippen LogP contribution in [-0.4, -0.2) is 4.98 Å². The molecule has 6 heteroatoms. The van der Waals surface area contributed by atoms with Crippen LogP contribution in [0.15, 0.2) is 48.0 Å². The second-order valence-corrected chi connectivity index (χ2v) is 7.50. The van der Waals surface area contributed by atoms with E-state index < -0.39 is 0 Å². The normalized spacial score (nSPS) is 11.3. The molecule has 0 saturated heterocycles. The molecule has 3 rings (SSSR count). The molecule has 130 valence electrons. The fraction of sp³-hybridized carbons (Fsp3) is 0.100. The Bertz CT molecular complexity index is 1030. The lowest BCUT2D eigenvalue weighted by molar-refractivity contribution is 1.35. The summed E-state index contributed by atoms with van der Waals surface area (Å²) < 4.78 is 0. The zero-order chi connectivity index (χ0) is 18.7. The number of hydrogen-bond donors (Lipinski definition) is 1. The first-order valence-electron chi connectivity index (χ1n) is 7.83. The van der Waals surface area contributed by atoms with Crippen LogP contribution < -0.4 is 5.32 Å². The Morgan fingerprint density at radius 1 is 1.19 bits per heavy atom. The van der Waals surface area contributed by atoms with Crippen LogP contribution in [0.5, 0.6) is 0 Å². The molecule has 0 saturated carbocycles. The molecule has 0 aliphatic carbocycles. The Morgan fingerprint density at radius 2 is 2.00 bits per heavy atom. The first-order chi connectivity index (χ1) is 12.5. The number of nitriles is 1. The van der Waals surface area contributed by atoms with Gasteiger partial charge in [0.2, 0.25) is 0 Å². The Hall–Kier alpha value is -2.32. The Kier molecular flexibility index (Phi) is 5.63. The minimum atomic E-state index is 0.465. The number of halogens is 2. The Labute approximate surface area is 166 Å². The van der Waals surface area contributed by atoms with Crippen LogP contribution >= 0.6 is 34.5 Å². The van der Waals surface area contributed by atoms with Crippen molar-refractivity contribution in [3.05, 3.63) is 74.2 Å². The van der Waals surface area contributed by atoms with E-state index in [1.165, 1.54) is 11.3 Å². The molecule has 0 unspecified atom stereocenters. The van der Waals surface area contributed by atoms with Gasteiger partial charge in [0.1, 0.15) is 16.6 Å². The lowest BCUT2D eigenvalue weighted by atomic mass is 10.1. The lowest BCUT2D eigenvalue weighted by Gasteiger charge is -2.07. The molecule has 0 atom stereocenters. The van der Waals surface area contributed by atoms with Crippen molar-refractivity contribution >= 4 is 45.8 Å². The van der Waals surface area contributed by atoms with E-state index in [2.05, 4.69) is 22.4 Å². The van der Waals surface area contributed by atoms with Crippen molar-refractivity contribution in [2.24, 2.45) is 0 Å². The molecule has 0 amide bonds. The lowest BCUT2D eigenvalue weighted by Crippen LogP contribution is -1.94. The monoisotopic (exact) mass is 399 g/mol. The van der Waals surface area contributed by atoms with Gasteiger partial charge >= 0.3 is 0 Å². The summed E-state index contributed by atoms with van der Waals surface area (Å²) in [4.78, 5) is 4.55. The highest BCUT2D eigenvalue weighted by Crippen LogP contribution is 2.32. The van der Waals surface area contributed by atoms with E-state index in [0.29, 0.717) is 20.6 Å². The summed E-state index contributed by atoms with van der Waals surface area (Å²) in [7, 11) is 0. The van der Waals surface area contributed by atoms with Gasteiger partial charge in [0, 0.05) is 27.9 Å². The van der Waals surface area contributed by atoms with E-state index in [-0.39, 0.29) is 0 Å². The van der Waals surface area contributed by atoms with E-state index >= 15 is 0 Å². The molecule has 26 heavy (non-hydrogen) atoms. The molecule has 1 N–H and O–H groups in total. The van der Waals surface area contributed by atoms with Gasteiger partial charge in [0.15, 0.2) is 0 Å². The zero-order valence-corrected chi connectivity index (χ0v) is 16.5. The molecule has 3 nitrogen and oxygen atoms in total. The largest absolute Gasteiger partial charge is 0.360 e. The molecule has 1 aromatic heterocycles. The highest BCUT2D eigenvalue weighted by Gasteiger charge is 2.12. The number of benzene rings is 2. The van der Waals surface area contributed by atoms with Crippen LogP contribution in [0.25, 0.3) is 16.8 Å². The summed E-state index contributed by atoms with van der Waals surface area (Å²) in [6.07, 6.45) is 1.69. The topological polar surface area (TPSA) is 48.7 Å². The number of rotatable bonds is 4. The van der Waals surface area contributed by atoms with Crippen molar-refractivity contribution < 1.29 is 0 Å². The minimum Gasteiger partial charge on any atom is -0.360 e. The zero-order valence-electron chi connectivity index (χ0n) is 14.2. The molecule has 0 aliphatic rings. The maximum atomic E-state index is 9.52. The van der Waals surface area contributed by atoms with Gasteiger partial charge in [-0.15, -0.1) is 11.3 Å². The number of nitrogens with one attached hydrogen (secondary N) is 1. The van der Waals surface area contributed by atoms with Gasteiger partial charge < -0.3 is 5.32 Å². The third kappa shape index (κ3) is 4.08. The third-order valence-corrected chi connectivity index (χ3v) is 5.25. The van der Waals surface area contributed by atoms with Crippen LogP contribution in [0.1, 0.15) is 16.1 Å². The minimum absolute atomic E-state index is 0.465. The molecular formula is C20H15Cl2N3S. The van der Waals surface area contributed by atoms with Crippen LogP contribution in [0, 0.1) is 25.2 Å². The fourth-order valence-corrected chi connectivity index (χ4v) is 3.69.